The number of carboxylic acids is 1. The third-order valence-electron chi connectivity index (χ3n) is 4.99. The van der Waals surface area contributed by atoms with Gasteiger partial charge in [0.15, 0.2) is 0 Å². The second kappa shape index (κ2) is 6.51. The van der Waals surface area contributed by atoms with Crippen LogP contribution in [0.15, 0.2) is 47.3 Å². The molecule has 5 nitrogen and oxygen atoms in total. The first-order valence-corrected chi connectivity index (χ1v) is 8.19. The van der Waals surface area contributed by atoms with E-state index in [1.54, 1.807) is 37.8 Å². The summed E-state index contributed by atoms with van der Waals surface area (Å²) >= 11 is 0. The Bertz CT molecular complexity index is 730. The third-order valence-corrected chi connectivity index (χ3v) is 4.99. The molecule has 0 bridgehead atoms. The van der Waals surface area contributed by atoms with Crippen molar-refractivity contribution in [3.63, 3.8) is 0 Å². The van der Waals surface area contributed by atoms with Gasteiger partial charge in [0.05, 0.1) is 12.5 Å². The van der Waals surface area contributed by atoms with Crippen LogP contribution < -0.4 is 0 Å². The van der Waals surface area contributed by atoms with Crippen LogP contribution in [0.2, 0.25) is 0 Å². The monoisotopic (exact) mass is 327 g/mol. The number of carbonyl (C=O) groups excluding carboxylic acids is 1. The largest absolute Gasteiger partial charge is 0.479 e. The molecule has 0 atom stereocenters. The van der Waals surface area contributed by atoms with Crippen molar-refractivity contribution in [3.05, 3.63) is 48.4 Å². The van der Waals surface area contributed by atoms with Crippen LogP contribution in [-0.2, 0) is 4.79 Å². The standard InChI is InChI=1S/C19H21NO4/c1-20(19(18(22)23)9-3-2-4-10-19)17(21)15-7-5-6-14(12-15)16-8-11-24-13-16/h5-8,11-13H,2-4,9-10H2,1H3,(H,22,23). The Kier molecular flexibility index (Phi) is 4.42. The van der Waals surface area contributed by atoms with Gasteiger partial charge in [-0.15, -0.1) is 0 Å². The first kappa shape index (κ1) is 16.3. The summed E-state index contributed by atoms with van der Waals surface area (Å²) in [5.74, 6) is -1.17. The Labute approximate surface area is 140 Å². The number of likely N-dealkylation sites (N-methyl/N-ethyl adjacent to an activating group) is 1. The molecular formula is C19H21NO4. The highest BCUT2D eigenvalue weighted by Crippen LogP contribution is 2.34. The highest BCUT2D eigenvalue weighted by atomic mass is 16.4. The highest BCUT2D eigenvalue weighted by Gasteiger charge is 2.45. The quantitative estimate of drug-likeness (QED) is 0.927. The molecular weight excluding hydrogens is 306 g/mol. The van der Waals surface area contributed by atoms with Crippen LogP contribution in [0.1, 0.15) is 42.5 Å². The predicted octanol–water partition coefficient (Wildman–Crippen LogP) is 3.81. The van der Waals surface area contributed by atoms with E-state index >= 15 is 0 Å². The summed E-state index contributed by atoms with van der Waals surface area (Å²) in [5.41, 5.74) is 1.15. The van der Waals surface area contributed by atoms with Crippen molar-refractivity contribution in [3.8, 4) is 11.1 Å². The molecule has 3 rings (SSSR count). The SMILES string of the molecule is CN(C(=O)c1cccc(-c2ccoc2)c1)C1(C(=O)O)CCCCC1. The summed E-state index contributed by atoms with van der Waals surface area (Å²) in [7, 11) is 1.60. The van der Waals surface area contributed by atoms with E-state index in [-0.39, 0.29) is 5.91 Å². The minimum Gasteiger partial charge on any atom is -0.479 e. The van der Waals surface area contributed by atoms with Crippen LogP contribution in [0.4, 0.5) is 0 Å². The summed E-state index contributed by atoms with van der Waals surface area (Å²) in [6.45, 7) is 0. The molecule has 1 heterocycles. The number of carbonyl (C=O) groups is 2. The first-order valence-electron chi connectivity index (χ1n) is 8.19. The number of benzene rings is 1. The number of carboxylic acid groups (broad SMARTS) is 1. The fourth-order valence-corrected chi connectivity index (χ4v) is 3.48. The van der Waals surface area contributed by atoms with Gasteiger partial charge < -0.3 is 14.4 Å². The number of hydrogen-bond acceptors (Lipinski definition) is 3. The van der Waals surface area contributed by atoms with Gasteiger partial charge in [-0.05, 0) is 36.6 Å². The zero-order chi connectivity index (χ0) is 17.2. The Morgan fingerprint density at radius 3 is 2.50 bits per heavy atom. The normalized spacial score (nSPS) is 16.5. The van der Waals surface area contributed by atoms with Gasteiger partial charge in [0.25, 0.3) is 5.91 Å². The van der Waals surface area contributed by atoms with E-state index < -0.39 is 11.5 Å². The molecule has 24 heavy (non-hydrogen) atoms. The van der Waals surface area contributed by atoms with Gasteiger partial charge in [0.2, 0.25) is 0 Å². The van der Waals surface area contributed by atoms with E-state index in [1.807, 2.05) is 12.1 Å². The van der Waals surface area contributed by atoms with Crippen molar-refractivity contribution >= 4 is 11.9 Å². The van der Waals surface area contributed by atoms with E-state index in [0.29, 0.717) is 18.4 Å². The van der Waals surface area contributed by atoms with Crippen LogP contribution in [0.3, 0.4) is 0 Å². The van der Waals surface area contributed by atoms with Crippen molar-refractivity contribution in [2.75, 3.05) is 7.05 Å². The molecule has 1 amide bonds. The summed E-state index contributed by atoms with van der Waals surface area (Å²) in [6, 6.07) is 9.03. The van der Waals surface area contributed by atoms with Crippen LogP contribution in [-0.4, -0.2) is 34.5 Å². The molecule has 5 heteroatoms. The van der Waals surface area contributed by atoms with Crippen molar-refractivity contribution in [2.45, 2.75) is 37.6 Å². The van der Waals surface area contributed by atoms with E-state index in [2.05, 4.69) is 0 Å². The molecule has 1 N–H and O–H groups in total. The molecule has 0 spiro atoms. The van der Waals surface area contributed by atoms with Gasteiger partial charge >= 0.3 is 5.97 Å². The number of hydrogen-bond donors (Lipinski definition) is 1. The maximum atomic E-state index is 12.9. The van der Waals surface area contributed by atoms with Crippen molar-refractivity contribution in [1.29, 1.82) is 0 Å². The van der Waals surface area contributed by atoms with Gasteiger partial charge in [-0.2, -0.15) is 0 Å². The molecule has 1 aliphatic rings. The van der Waals surface area contributed by atoms with E-state index in [4.69, 9.17) is 4.42 Å². The van der Waals surface area contributed by atoms with Gasteiger partial charge in [0.1, 0.15) is 5.54 Å². The molecule has 0 saturated heterocycles. The molecule has 0 aliphatic heterocycles. The van der Waals surface area contributed by atoms with E-state index in [1.165, 1.54) is 4.90 Å². The molecule has 1 aromatic carbocycles. The zero-order valence-electron chi connectivity index (χ0n) is 13.7. The molecule has 126 valence electrons. The van der Waals surface area contributed by atoms with E-state index in [9.17, 15) is 14.7 Å². The lowest BCUT2D eigenvalue weighted by atomic mass is 9.80. The number of furan rings is 1. The lowest BCUT2D eigenvalue weighted by molar-refractivity contribution is -0.151. The minimum atomic E-state index is -1.10. The average molecular weight is 327 g/mol. The molecule has 1 saturated carbocycles. The van der Waals surface area contributed by atoms with Gasteiger partial charge in [0, 0.05) is 18.2 Å². The van der Waals surface area contributed by atoms with Crippen molar-refractivity contribution in [2.24, 2.45) is 0 Å². The van der Waals surface area contributed by atoms with Crippen molar-refractivity contribution in [1.82, 2.24) is 4.90 Å². The zero-order valence-corrected chi connectivity index (χ0v) is 13.7. The smallest absolute Gasteiger partial charge is 0.329 e. The fraction of sp³-hybridized carbons (Fsp3) is 0.368. The topological polar surface area (TPSA) is 70.8 Å². The van der Waals surface area contributed by atoms with Crippen LogP contribution in [0.5, 0.6) is 0 Å². The summed E-state index contributed by atoms with van der Waals surface area (Å²) < 4.78 is 5.09. The Morgan fingerprint density at radius 1 is 1.12 bits per heavy atom. The Balaban J connectivity index is 1.90. The van der Waals surface area contributed by atoms with E-state index in [0.717, 1.165) is 30.4 Å². The minimum absolute atomic E-state index is 0.260. The van der Waals surface area contributed by atoms with Crippen molar-refractivity contribution < 1.29 is 19.1 Å². The van der Waals surface area contributed by atoms with Gasteiger partial charge in [-0.3, -0.25) is 4.79 Å². The predicted molar refractivity (Wildman–Crippen MR) is 89.7 cm³/mol. The first-order chi connectivity index (χ1) is 11.5. The molecule has 2 aromatic rings. The number of aliphatic carboxylic acids is 1. The maximum absolute atomic E-state index is 12.9. The lowest BCUT2D eigenvalue weighted by Gasteiger charge is -2.41. The fourth-order valence-electron chi connectivity index (χ4n) is 3.48. The summed E-state index contributed by atoms with van der Waals surface area (Å²) in [5, 5.41) is 9.75. The number of nitrogens with zero attached hydrogens (tertiary/aromatic N) is 1. The second-order valence-electron chi connectivity index (χ2n) is 6.35. The van der Waals surface area contributed by atoms with Crippen LogP contribution >= 0.6 is 0 Å². The molecule has 1 aromatic heterocycles. The Hall–Kier alpha value is -2.56. The lowest BCUT2D eigenvalue weighted by Crippen LogP contribution is -2.56. The molecule has 1 aliphatic carbocycles. The van der Waals surface area contributed by atoms with Gasteiger partial charge in [-0.1, -0.05) is 31.4 Å². The summed E-state index contributed by atoms with van der Waals surface area (Å²) in [6.07, 6.45) is 6.90. The molecule has 0 unspecified atom stereocenters. The van der Waals surface area contributed by atoms with Gasteiger partial charge in [-0.25, -0.2) is 4.79 Å². The summed E-state index contributed by atoms with van der Waals surface area (Å²) in [4.78, 5) is 26.2. The maximum Gasteiger partial charge on any atom is 0.329 e. The Morgan fingerprint density at radius 2 is 1.88 bits per heavy atom. The third kappa shape index (κ3) is 2.82. The average Bonchev–Trinajstić information content (AvgIpc) is 3.15. The molecule has 1 fully saturated rings. The highest BCUT2D eigenvalue weighted by molar-refractivity contribution is 5.98. The number of rotatable bonds is 4. The number of amides is 1. The van der Waals surface area contributed by atoms with Crippen LogP contribution in [0.25, 0.3) is 11.1 Å². The van der Waals surface area contributed by atoms with Crippen LogP contribution in [0, 0.1) is 0 Å². The molecule has 0 radical (unpaired) electrons. The second-order valence-corrected chi connectivity index (χ2v) is 6.35.